The van der Waals surface area contributed by atoms with Gasteiger partial charge in [0.15, 0.2) is 0 Å². The Morgan fingerprint density at radius 2 is 2.07 bits per heavy atom. The molecule has 3 nitrogen and oxygen atoms in total. The summed E-state index contributed by atoms with van der Waals surface area (Å²) in [4.78, 5) is 11.4. The molecule has 1 unspecified atom stereocenters. The molecule has 80 valence electrons. The summed E-state index contributed by atoms with van der Waals surface area (Å²) in [5, 5.41) is 6.52. The molecule has 14 heavy (non-hydrogen) atoms. The van der Waals surface area contributed by atoms with Crippen LogP contribution >= 0.6 is 0 Å². The van der Waals surface area contributed by atoms with Crippen molar-refractivity contribution in [1.29, 1.82) is 0 Å². The molecule has 1 aliphatic heterocycles. The molecule has 1 amide bonds. The first-order valence-electron chi connectivity index (χ1n) is 5.87. The van der Waals surface area contributed by atoms with Crippen molar-refractivity contribution >= 4 is 5.91 Å². The fourth-order valence-electron chi connectivity index (χ4n) is 1.99. The maximum atomic E-state index is 11.4. The van der Waals surface area contributed by atoms with Crippen molar-refractivity contribution in [3.8, 4) is 0 Å². The minimum Gasteiger partial charge on any atom is -0.354 e. The van der Waals surface area contributed by atoms with Crippen LogP contribution < -0.4 is 10.6 Å². The lowest BCUT2D eigenvalue weighted by molar-refractivity contribution is -0.122. The van der Waals surface area contributed by atoms with E-state index in [4.69, 9.17) is 0 Å². The predicted octanol–water partition coefficient (Wildman–Crippen LogP) is 1.04. The van der Waals surface area contributed by atoms with Gasteiger partial charge in [0.05, 0.1) is 0 Å². The average Bonchev–Trinajstić information content (AvgIpc) is 3.01. The fraction of sp³-hybridized carbons (Fsp3) is 0.909. The summed E-state index contributed by atoms with van der Waals surface area (Å²) in [6.45, 7) is 1.94. The van der Waals surface area contributed by atoms with Crippen molar-refractivity contribution in [2.45, 2.75) is 44.6 Å². The number of nitrogens with one attached hydrogen (secondary N) is 2. The Morgan fingerprint density at radius 1 is 1.21 bits per heavy atom. The molecular formula is C11H20N2O. The zero-order chi connectivity index (χ0) is 9.80. The van der Waals surface area contributed by atoms with E-state index in [9.17, 15) is 4.79 Å². The van der Waals surface area contributed by atoms with E-state index >= 15 is 0 Å². The highest BCUT2D eigenvalue weighted by Gasteiger charge is 2.29. The van der Waals surface area contributed by atoms with Crippen LogP contribution in [-0.2, 0) is 4.79 Å². The highest BCUT2D eigenvalue weighted by molar-refractivity contribution is 5.80. The maximum Gasteiger partial charge on any atom is 0.223 e. The third kappa shape index (κ3) is 2.98. The number of hydrogen-bond acceptors (Lipinski definition) is 2. The zero-order valence-electron chi connectivity index (χ0n) is 8.72. The lowest BCUT2D eigenvalue weighted by Crippen LogP contribution is -2.40. The molecule has 0 spiro atoms. The van der Waals surface area contributed by atoms with E-state index in [1.165, 1.54) is 25.7 Å². The molecule has 1 heterocycles. The van der Waals surface area contributed by atoms with Gasteiger partial charge in [-0.3, -0.25) is 4.79 Å². The monoisotopic (exact) mass is 196 g/mol. The van der Waals surface area contributed by atoms with Gasteiger partial charge < -0.3 is 10.6 Å². The molecule has 2 rings (SSSR count). The van der Waals surface area contributed by atoms with Crippen molar-refractivity contribution in [1.82, 2.24) is 10.6 Å². The Bertz CT molecular complexity index is 193. The first-order chi connectivity index (χ1) is 6.86. The summed E-state index contributed by atoms with van der Waals surface area (Å²) in [5.74, 6) is 0.622. The molecule has 0 aromatic rings. The normalized spacial score (nSPS) is 28.1. The Labute approximate surface area is 85.6 Å². The predicted molar refractivity (Wildman–Crippen MR) is 56.0 cm³/mol. The second-order valence-electron chi connectivity index (χ2n) is 4.52. The van der Waals surface area contributed by atoms with Crippen LogP contribution in [0.5, 0.6) is 0 Å². The van der Waals surface area contributed by atoms with E-state index in [1.807, 2.05) is 0 Å². The first kappa shape index (κ1) is 9.97. The van der Waals surface area contributed by atoms with Crippen LogP contribution in [0.3, 0.4) is 0 Å². The zero-order valence-corrected chi connectivity index (χ0v) is 8.72. The van der Waals surface area contributed by atoms with Crippen LogP contribution in [0.15, 0.2) is 0 Å². The minimum atomic E-state index is 0.274. The van der Waals surface area contributed by atoms with Gasteiger partial charge in [0.1, 0.15) is 0 Å². The summed E-state index contributed by atoms with van der Waals surface area (Å²) in [6, 6.07) is 0.514. The summed E-state index contributed by atoms with van der Waals surface area (Å²) in [5.41, 5.74) is 0. The second kappa shape index (κ2) is 4.78. The van der Waals surface area contributed by atoms with Crippen LogP contribution in [-0.4, -0.2) is 25.0 Å². The third-order valence-electron chi connectivity index (χ3n) is 3.13. The molecule has 2 aliphatic rings. The molecule has 0 radical (unpaired) electrons. The van der Waals surface area contributed by atoms with Crippen molar-refractivity contribution in [3.05, 3.63) is 0 Å². The van der Waals surface area contributed by atoms with E-state index in [-0.39, 0.29) is 5.91 Å². The topological polar surface area (TPSA) is 41.1 Å². The molecule has 0 aromatic carbocycles. The van der Waals surface area contributed by atoms with Gasteiger partial charge in [-0.15, -0.1) is 0 Å². The number of carbonyl (C=O) groups excluding carboxylic acids is 1. The van der Waals surface area contributed by atoms with Crippen molar-refractivity contribution in [2.24, 2.45) is 5.92 Å². The third-order valence-corrected chi connectivity index (χ3v) is 3.13. The van der Waals surface area contributed by atoms with Gasteiger partial charge in [-0.25, -0.2) is 0 Å². The van der Waals surface area contributed by atoms with Crippen molar-refractivity contribution < 1.29 is 4.79 Å². The number of rotatable bonds is 3. The molecule has 1 atom stereocenters. The largest absolute Gasteiger partial charge is 0.354 e. The van der Waals surface area contributed by atoms with Gasteiger partial charge in [0.25, 0.3) is 0 Å². The molecule has 1 saturated carbocycles. The quantitative estimate of drug-likeness (QED) is 0.708. The molecule has 2 fully saturated rings. The molecule has 0 aromatic heterocycles. The van der Waals surface area contributed by atoms with Crippen LogP contribution in [0.2, 0.25) is 0 Å². The minimum absolute atomic E-state index is 0.274. The summed E-state index contributed by atoms with van der Waals surface area (Å²) >= 11 is 0. The summed E-state index contributed by atoms with van der Waals surface area (Å²) in [6.07, 6.45) is 7.34. The molecule has 1 saturated heterocycles. The fourth-order valence-corrected chi connectivity index (χ4v) is 1.99. The number of amides is 1. The van der Waals surface area contributed by atoms with E-state index < -0.39 is 0 Å². The van der Waals surface area contributed by atoms with E-state index in [0.717, 1.165) is 25.9 Å². The summed E-state index contributed by atoms with van der Waals surface area (Å²) < 4.78 is 0. The molecular weight excluding hydrogens is 176 g/mol. The average molecular weight is 196 g/mol. The Kier molecular flexibility index (Phi) is 3.40. The van der Waals surface area contributed by atoms with Gasteiger partial charge in [0, 0.05) is 18.5 Å². The number of carbonyl (C=O) groups is 1. The van der Waals surface area contributed by atoms with Gasteiger partial charge >= 0.3 is 0 Å². The van der Waals surface area contributed by atoms with E-state index in [1.54, 1.807) is 0 Å². The van der Waals surface area contributed by atoms with Crippen LogP contribution in [0, 0.1) is 5.92 Å². The van der Waals surface area contributed by atoms with Gasteiger partial charge in [-0.1, -0.05) is 12.8 Å². The second-order valence-corrected chi connectivity index (χ2v) is 4.52. The molecule has 1 aliphatic carbocycles. The highest BCUT2D eigenvalue weighted by atomic mass is 16.2. The molecule has 2 N–H and O–H groups in total. The van der Waals surface area contributed by atoms with E-state index in [2.05, 4.69) is 10.6 Å². The SMILES string of the molecule is O=C(NCC1CCCCCN1)C1CC1. The standard InChI is InChI=1S/C11H20N2O/c14-11(9-5-6-9)13-8-10-4-2-1-3-7-12-10/h9-10,12H,1-8H2,(H,13,14). The van der Waals surface area contributed by atoms with Crippen molar-refractivity contribution in [3.63, 3.8) is 0 Å². The van der Waals surface area contributed by atoms with Crippen LogP contribution in [0.25, 0.3) is 0 Å². The Morgan fingerprint density at radius 3 is 2.86 bits per heavy atom. The van der Waals surface area contributed by atoms with Crippen molar-refractivity contribution in [2.75, 3.05) is 13.1 Å². The van der Waals surface area contributed by atoms with Gasteiger partial charge in [0.2, 0.25) is 5.91 Å². The van der Waals surface area contributed by atoms with Crippen LogP contribution in [0.4, 0.5) is 0 Å². The van der Waals surface area contributed by atoms with Gasteiger partial charge in [-0.2, -0.15) is 0 Å². The van der Waals surface area contributed by atoms with Gasteiger partial charge in [-0.05, 0) is 32.2 Å². The lowest BCUT2D eigenvalue weighted by Gasteiger charge is -2.16. The number of hydrogen-bond donors (Lipinski definition) is 2. The van der Waals surface area contributed by atoms with E-state index in [0.29, 0.717) is 12.0 Å². The van der Waals surface area contributed by atoms with Crippen LogP contribution in [0.1, 0.15) is 38.5 Å². The lowest BCUT2D eigenvalue weighted by atomic mass is 10.1. The maximum absolute atomic E-state index is 11.4. The first-order valence-corrected chi connectivity index (χ1v) is 5.87. The summed E-state index contributed by atoms with van der Waals surface area (Å²) in [7, 11) is 0. The molecule has 3 heteroatoms. The molecule has 0 bridgehead atoms. The smallest absolute Gasteiger partial charge is 0.223 e. The Hall–Kier alpha value is -0.570. The highest BCUT2D eigenvalue weighted by Crippen LogP contribution is 2.28. The Balaban J connectivity index is 1.65.